The van der Waals surface area contributed by atoms with Crippen molar-refractivity contribution in [1.82, 2.24) is 15.2 Å². The van der Waals surface area contributed by atoms with Gasteiger partial charge in [-0.15, -0.1) is 24.0 Å². The average Bonchev–Trinajstić information content (AvgIpc) is 3.17. The molecule has 7 heteroatoms. The summed E-state index contributed by atoms with van der Waals surface area (Å²) in [6.07, 6.45) is 4.97. The highest BCUT2D eigenvalue weighted by Gasteiger charge is 2.06. The van der Waals surface area contributed by atoms with E-state index in [-0.39, 0.29) is 24.0 Å². The first kappa shape index (κ1) is 24.1. The number of aliphatic imine (C=N–C) groups is 1. The van der Waals surface area contributed by atoms with E-state index in [1.165, 1.54) is 5.56 Å². The van der Waals surface area contributed by atoms with Gasteiger partial charge in [0.25, 0.3) is 0 Å². The van der Waals surface area contributed by atoms with E-state index in [1.807, 2.05) is 32.0 Å². The number of rotatable bonds is 11. The van der Waals surface area contributed by atoms with Crippen LogP contribution in [0.25, 0.3) is 0 Å². The molecular formula is C21H33IN4O2. The van der Waals surface area contributed by atoms with Crippen LogP contribution in [0.5, 0.6) is 11.5 Å². The summed E-state index contributed by atoms with van der Waals surface area (Å²) in [5.41, 5.74) is 1.19. The van der Waals surface area contributed by atoms with E-state index in [9.17, 15) is 0 Å². The molecule has 1 aromatic carbocycles. The van der Waals surface area contributed by atoms with Crippen LogP contribution in [0, 0.1) is 0 Å². The van der Waals surface area contributed by atoms with Crippen molar-refractivity contribution in [3.63, 3.8) is 0 Å². The van der Waals surface area contributed by atoms with Crippen LogP contribution < -0.4 is 20.1 Å². The predicted octanol–water partition coefficient (Wildman–Crippen LogP) is 3.70. The van der Waals surface area contributed by atoms with Crippen LogP contribution in [0.3, 0.4) is 0 Å². The molecule has 156 valence electrons. The summed E-state index contributed by atoms with van der Waals surface area (Å²) in [4.78, 5) is 4.68. The molecule has 0 spiro atoms. The molecule has 6 nitrogen and oxygen atoms in total. The summed E-state index contributed by atoms with van der Waals surface area (Å²) in [5.74, 6) is 2.45. The molecule has 0 aliphatic heterocycles. The lowest BCUT2D eigenvalue weighted by atomic mass is 10.1. The molecule has 0 saturated heterocycles. The zero-order chi connectivity index (χ0) is 19.3. The van der Waals surface area contributed by atoms with Crippen molar-refractivity contribution in [1.29, 1.82) is 0 Å². The predicted molar refractivity (Wildman–Crippen MR) is 126 cm³/mol. The lowest BCUT2D eigenvalue weighted by Gasteiger charge is -2.13. The van der Waals surface area contributed by atoms with Crippen molar-refractivity contribution < 1.29 is 9.47 Å². The molecule has 0 atom stereocenters. The van der Waals surface area contributed by atoms with E-state index in [0.717, 1.165) is 43.5 Å². The van der Waals surface area contributed by atoms with Gasteiger partial charge < -0.3 is 24.7 Å². The fourth-order valence-electron chi connectivity index (χ4n) is 2.71. The number of nitrogens with zero attached hydrogens (tertiary/aromatic N) is 2. The fourth-order valence-corrected chi connectivity index (χ4v) is 2.71. The second kappa shape index (κ2) is 14.1. The van der Waals surface area contributed by atoms with Gasteiger partial charge in [-0.25, -0.2) is 0 Å². The molecule has 2 N–H and O–H groups in total. The molecule has 28 heavy (non-hydrogen) atoms. The number of hydrogen-bond acceptors (Lipinski definition) is 3. The van der Waals surface area contributed by atoms with E-state index in [0.29, 0.717) is 19.8 Å². The van der Waals surface area contributed by atoms with Crippen molar-refractivity contribution in [2.45, 2.75) is 33.7 Å². The summed E-state index contributed by atoms with van der Waals surface area (Å²) >= 11 is 0. The Kier molecular flexibility index (Phi) is 12.2. The summed E-state index contributed by atoms with van der Waals surface area (Å²) in [5, 5.41) is 6.67. The molecule has 0 radical (unpaired) electrons. The number of nitrogens with one attached hydrogen (secondary N) is 2. The van der Waals surface area contributed by atoms with Crippen LogP contribution in [0.15, 0.2) is 47.7 Å². The molecule has 1 aromatic heterocycles. The SMILES string of the molecule is CCNC(=NCCc1ccc(OCC)c(OCC)c1)NCCn1cccc1.I. The summed E-state index contributed by atoms with van der Waals surface area (Å²) < 4.78 is 13.5. The van der Waals surface area contributed by atoms with E-state index >= 15 is 0 Å². The Hall–Kier alpha value is -1.90. The summed E-state index contributed by atoms with van der Waals surface area (Å²) in [6.45, 7) is 10.6. The third kappa shape index (κ3) is 8.41. The van der Waals surface area contributed by atoms with Crippen LogP contribution in [-0.2, 0) is 13.0 Å². The molecule has 0 unspecified atom stereocenters. The maximum atomic E-state index is 5.70. The second-order valence-electron chi connectivity index (χ2n) is 6.01. The molecule has 0 amide bonds. The molecule has 0 aliphatic carbocycles. The van der Waals surface area contributed by atoms with Crippen LogP contribution in [0.2, 0.25) is 0 Å². The highest BCUT2D eigenvalue weighted by molar-refractivity contribution is 14.0. The van der Waals surface area contributed by atoms with Gasteiger partial charge in [-0.05, 0) is 57.0 Å². The fraction of sp³-hybridized carbons (Fsp3) is 0.476. The lowest BCUT2D eigenvalue weighted by Crippen LogP contribution is -2.39. The minimum atomic E-state index is 0. The zero-order valence-electron chi connectivity index (χ0n) is 17.1. The van der Waals surface area contributed by atoms with Gasteiger partial charge in [0, 0.05) is 38.6 Å². The van der Waals surface area contributed by atoms with Crippen molar-refractivity contribution in [2.75, 3.05) is 32.8 Å². The number of guanidine groups is 1. The number of benzene rings is 1. The van der Waals surface area contributed by atoms with Gasteiger partial charge in [0.2, 0.25) is 0 Å². The van der Waals surface area contributed by atoms with E-state index in [2.05, 4.69) is 51.6 Å². The maximum absolute atomic E-state index is 5.70. The molecule has 1 heterocycles. The van der Waals surface area contributed by atoms with Crippen molar-refractivity contribution in [2.24, 2.45) is 4.99 Å². The number of halogens is 1. The number of aromatic nitrogens is 1. The van der Waals surface area contributed by atoms with Gasteiger partial charge in [0.15, 0.2) is 17.5 Å². The molecule has 0 aliphatic rings. The Balaban J connectivity index is 0.00000392. The van der Waals surface area contributed by atoms with Crippen molar-refractivity contribution >= 4 is 29.9 Å². The molecule has 2 aromatic rings. The van der Waals surface area contributed by atoms with Crippen LogP contribution in [0.1, 0.15) is 26.3 Å². The Labute approximate surface area is 185 Å². The van der Waals surface area contributed by atoms with Crippen LogP contribution in [-0.4, -0.2) is 43.4 Å². The van der Waals surface area contributed by atoms with E-state index < -0.39 is 0 Å². The molecular weight excluding hydrogens is 467 g/mol. The first-order chi connectivity index (χ1) is 13.3. The zero-order valence-corrected chi connectivity index (χ0v) is 19.4. The Bertz CT molecular complexity index is 690. The standard InChI is InChI=1S/C21H32N4O2.HI/c1-4-22-21(24-13-16-25-14-7-8-15-25)23-12-11-18-9-10-19(26-5-2)20(17-18)27-6-3;/h7-10,14-15,17H,4-6,11-13,16H2,1-3H3,(H2,22,23,24);1H. The first-order valence-corrected chi connectivity index (χ1v) is 9.78. The Morgan fingerprint density at radius 3 is 2.39 bits per heavy atom. The van der Waals surface area contributed by atoms with E-state index in [4.69, 9.17) is 9.47 Å². The third-order valence-corrected chi connectivity index (χ3v) is 3.95. The van der Waals surface area contributed by atoms with Gasteiger partial charge in [0.05, 0.1) is 13.2 Å². The van der Waals surface area contributed by atoms with Crippen molar-refractivity contribution in [3.05, 3.63) is 48.3 Å². The maximum Gasteiger partial charge on any atom is 0.191 e. The number of hydrogen-bond donors (Lipinski definition) is 2. The van der Waals surface area contributed by atoms with Gasteiger partial charge >= 0.3 is 0 Å². The topological polar surface area (TPSA) is 59.8 Å². The van der Waals surface area contributed by atoms with Gasteiger partial charge in [-0.2, -0.15) is 0 Å². The van der Waals surface area contributed by atoms with Crippen molar-refractivity contribution in [3.8, 4) is 11.5 Å². The minimum absolute atomic E-state index is 0. The third-order valence-electron chi connectivity index (χ3n) is 3.95. The molecule has 0 fully saturated rings. The first-order valence-electron chi connectivity index (χ1n) is 9.78. The van der Waals surface area contributed by atoms with E-state index in [1.54, 1.807) is 0 Å². The van der Waals surface area contributed by atoms with Gasteiger partial charge in [-0.1, -0.05) is 6.07 Å². The molecule has 0 saturated carbocycles. The van der Waals surface area contributed by atoms with Gasteiger partial charge in [-0.3, -0.25) is 4.99 Å². The average molecular weight is 500 g/mol. The van der Waals surface area contributed by atoms with Crippen LogP contribution >= 0.6 is 24.0 Å². The summed E-state index contributed by atoms with van der Waals surface area (Å²) in [6, 6.07) is 10.2. The minimum Gasteiger partial charge on any atom is -0.490 e. The monoisotopic (exact) mass is 500 g/mol. The number of ether oxygens (including phenoxy) is 2. The highest BCUT2D eigenvalue weighted by atomic mass is 127. The quantitative estimate of drug-likeness (QED) is 0.281. The Morgan fingerprint density at radius 2 is 1.71 bits per heavy atom. The summed E-state index contributed by atoms with van der Waals surface area (Å²) in [7, 11) is 0. The smallest absolute Gasteiger partial charge is 0.191 e. The Morgan fingerprint density at radius 1 is 1.00 bits per heavy atom. The van der Waals surface area contributed by atoms with Crippen LogP contribution in [0.4, 0.5) is 0 Å². The molecule has 0 bridgehead atoms. The normalized spacial score (nSPS) is 10.9. The molecule has 2 rings (SSSR count). The largest absolute Gasteiger partial charge is 0.490 e. The second-order valence-corrected chi connectivity index (χ2v) is 6.01. The highest BCUT2D eigenvalue weighted by Crippen LogP contribution is 2.28. The van der Waals surface area contributed by atoms with Gasteiger partial charge in [0.1, 0.15) is 0 Å². The lowest BCUT2D eigenvalue weighted by molar-refractivity contribution is 0.287.